The van der Waals surface area contributed by atoms with Crippen LogP contribution in [0.25, 0.3) is 10.8 Å². The highest BCUT2D eigenvalue weighted by Crippen LogP contribution is 2.25. The first-order valence-corrected chi connectivity index (χ1v) is 7.67. The van der Waals surface area contributed by atoms with Gasteiger partial charge in [-0.2, -0.15) is 0 Å². The highest BCUT2D eigenvalue weighted by molar-refractivity contribution is 5.83. The minimum absolute atomic E-state index is 0.000731. The lowest BCUT2D eigenvalue weighted by Gasteiger charge is -2.14. The van der Waals surface area contributed by atoms with Crippen molar-refractivity contribution in [2.45, 2.75) is 31.8 Å². The van der Waals surface area contributed by atoms with Gasteiger partial charge in [0.15, 0.2) is 0 Å². The molecular formula is C18H21NO2. The maximum atomic E-state index is 12.0. The summed E-state index contributed by atoms with van der Waals surface area (Å²) >= 11 is 0. The molecule has 3 heteroatoms. The summed E-state index contributed by atoms with van der Waals surface area (Å²) in [5.41, 5.74) is 1.22. The molecule has 2 aromatic rings. The smallest absolute Gasteiger partial charge is 0.225 e. The molecule has 2 aromatic carbocycles. The molecule has 2 unspecified atom stereocenters. The van der Waals surface area contributed by atoms with Crippen LogP contribution in [0.2, 0.25) is 0 Å². The van der Waals surface area contributed by atoms with E-state index in [1.54, 1.807) is 0 Å². The van der Waals surface area contributed by atoms with Crippen LogP contribution in [0.1, 0.15) is 24.8 Å². The van der Waals surface area contributed by atoms with Gasteiger partial charge in [-0.3, -0.25) is 4.79 Å². The van der Waals surface area contributed by atoms with Crippen LogP contribution in [-0.2, 0) is 11.2 Å². The lowest BCUT2D eigenvalue weighted by Crippen LogP contribution is -2.35. The Morgan fingerprint density at radius 3 is 2.71 bits per heavy atom. The number of rotatable bonds is 4. The van der Waals surface area contributed by atoms with Crippen molar-refractivity contribution in [3.05, 3.63) is 48.0 Å². The predicted octanol–water partition coefficient (Wildman–Crippen LogP) is 2.66. The van der Waals surface area contributed by atoms with Gasteiger partial charge in [0.2, 0.25) is 5.91 Å². The van der Waals surface area contributed by atoms with Crippen molar-refractivity contribution in [1.29, 1.82) is 0 Å². The number of nitrogens with one attached hydrogen (secondary N) is 1. The van der Waals surface area contributed by atoms with Crippen molar-refractivity contribution >= 4 is 16.7 Å². The maximum absolute atomic E-state index is 12.0. The predicted molar refractivity (Wildman–Crippen MR) is 84.0 cm³/mol. The summed E-state index contributed by atoms with van der Waals surface area (Å²) in [7, 11) is 0. The average Bonchev–Trinajstić information content (AvgIpc) is 2.93. The van der Waals surface area contributed by atoms with E-state index in [1.165, 1.54) is 16.3 Å². The van der Waals surface area contributed by atoms with Gasteiger partial charge in [-0.25, -0.2) is 0 Å². The molecule has 0 spiro atoms. The van der Waals surface area contributed by atoms with Gasteiger partial charge >= 0.3 is 0 Å². The van der Waals surface area contributed by atoms with Gasteiger partial charge < -0.3 is 10.4 Å². The lowest BCUT2D eigenvalue weighted by atomic mass is 10.0. The maximum Gasteiger partial charge on any atom is 0.225 e. The van der Waals surface area contributed by atoms with Crippen molar-refractivity contribution in [3.8, 4) is 0 Å². The molecule has 1 fully saturated rings. The normalized spacial score (nSPS) is 21.6. The van der Waals surface area contributed by atoms with Gasteiger partial charge in [-0.1, -0.05) is 42.5 Å². The van der Waals surface area contributed by atoms with E-state index in [4.69, 9.17) is 0 Å². The van der Waals surface area contributed by atoms with Crippen LogP contribution in [0.15, 0.2) is 42.5 Å². The minimum Gasteiger partial charge on any atom is -0.392 e. The molecule has 1 amide bonds. The highest BCUT2D eigenvalue weighted by atomic mass is 16.3. The molecule has 3 rings (SSSR count). The Labute approximate surface area is 125 Å². The Balaban J connectivity index is 1.55. The third-order valence-corrected chi connectivity index (χ3v) is 4.34. The molecule has 2 N–H and O–H groups in total. The fraction of sp³-hybridized carbons (Fsp3) is 0.389. The van der Waals surface area contributed by atoms with Crippen molar-refractivity contribution < 1.29 is 9.90 Å². The Morgan fingerprint density at radius 2 is 1.95 bits per heavy atom. The number of aliphatic hydroxyl groups excluding tert-OH is 1. The first-order valence-electron chi connectivity index (χ1n) is 7.67. The van der Waals surface area contributed by atoms with E-state index in [0.717, 1.165) is 25.7 Å². The number of carbonyl (C=O) groups excluding carboxylic acids is 1. The Bertz CT molecular complexity index is 638. The third-order valence-electron chi connectivity index (χ3n) is 4.34. The fourth-order valence-electron chi connectivity index (χ4n) is 3.10. The van der Waals surface area contributed by atoms with E-state index in [-0.39, 0.29) is 11.8 Å². The van der Waals surface area contributed by atoms with E-state index in [0.29, 0.717) is 6.54 Å². The number of hydrogen-bond donors (Lipinski definition) is 2. The zero-order valence-electron chi connectivity index (χ0n) is 12.1. The van der Waals surface area contributed by atoms with Crippen LogP contribution < -0.4 is 5.32 Å². The summed E-state index contributed by atoms with van der Waals surface area (Å²) < 4.78 is 0. The Kier molecular flexibility index (Phi) is 4.20. The molecule has 0 radical (unpaired) electrons. The molecule has 110 valence electrons. The second kappa shape index (κ2) is 6.27. The van der Waals surface area contributed by atoms with E-state index >= 15 is 0 Å². The second-order valence-corrected chi connectivity index (χ2v) is 5.83. The van der Waals surface area contributed by atoms with Crippen LogP contribution in [0.3, 0.4) is 0 Å². The molecule has 1 aliphatic rings. The molecule has 0 bridgehead atoms. The monoisotopic (exact) mass is 283 g/mol. The molecule has 1 aliphatic carbocycles. The fourth-order valence-corrected chi connectivity index (χ4v) is 3.10. The first-order chi connectivity index (χ1) is 10.2. The summed E-state index contributed by atoms with van der Waals surface area (Å²) in [6.07, 6.45) is 2.88. The number of amides is 1. The number of fused-ring (bicyclic) bond motifs is 1. The van der Waals surface area contributed by atoms with E-state index in [9.17, 15) is 9.90 Å². The van der Waals surface area contributed by atoms with Crippen molar-refractivity contribution in [2.24, 2.45) is 5.92 Å². The minimum atomic E-state index is -0.453. The summed E-state index contributed by atoms with van der Waals surface area (Å²) in [5.74, 6) is -0.206. The number of aliphatic hydroxyl groups is 1. The number of carbonyl (C=O) groups is 1. The van der Waals surface area contributed by atoms with Crippen LogP contribution in [0, 0.1) is 5.92 Å². The third kappa shape index (κ3) is 3.24. The topological polar surface area (TPSA) is 49.3 Å². The zero-order valence-corrected chi connectivity index (χ0v) is 12.1. The summed E-state index contributed by atoms with van der Waals surface area (Å²) in [6, 6.07) is 14.7. The second-order valence-electron chi connectivity index (χ2n) is 5.83. The molecule has 3 nitrogen and oxygen atoms in total. The molecule has 2 atom stereocenters. The first kappa shape index (κ1) is 14.1. The Morgan fingerprint density at radius 1 is 1.14 bits per heavy atom. The highest BCUT2D eigenvalue weighted by Gasteiger charge is 2.30. The van der Waals surface area contributed by atoms with E-state index in [2.05, 4.69) is 35.6 Å². The van der Waals surface area contributed by atoms with Crippen molar-refractivity contribution in [1.82, 2.24) is 5.32 Å². The Hall–Kier alpha value is -1.87. The largest absolute Gasteiger partial charge is 0.392 e. The van der Waals surface area contributed by atoms with Crippen LogP contribution in [-0.4, -0.2) is 23.7 Å². The van der Waals surface area contributed by atoms with E-state index < -0.39 is 6.10 Å². The molecule has 21 heavy (non-hydrogen) atoms. The van der Waals surface area contributed by atoms with Gasteiger partial charge in [-0.15, -0.1) is 0 Å². The number of hydrogen-bond acceptors (Lipinski definition) is 2. The van der Waals surface area contributed by atoms with Gasteiger partial charge in [-0.05, 0) is 42.0 Å². The van der Waals surface area contributed by atoms with Gasteiger partial charge in [0, 0.05) is 6.54 Å². The van der Waals surface area contributed by atoms with E-state index in [1.807, 2.05) is 12.1 Å². The van der Waals surface area contributed by atoms with Crippen LogP contribution in [0.5, 0.6) is 0 Å². The standard InChI is InChI=1S/C18H21NO2/c20-17-7-3-6-16(17)18(21)19-11-10-13-8-9-14-4-1-2-5-15(14)12-13/h1-2,4-5,8-9,12,16-17,20H,3,6-7,10-11H2,(H,19,21). The zero-order chi connectivity index (χ0) is 14.7. The quantitative estimate of drug-likeness (QED) is 0.906. The van der Waals surface area contributed by atoms with Gasteiger partial charge in [0.1, 0.15) is 0 Å². The van der Waals surface area contributed by atoms with Crippen LogP contribution in [0.4, 0.5) is 0 Å². The molecular weight excluding hydrogens is 262 g/mol. The molecule has 0 aromatic heterocycles. The SMILES string of the molecule is O=C(NCCc1ccc2ccccc2c1)C1CCCC1O. The van der Waals surface area contributed by atoms with Crippen molar-refractivity contribution in [3.63, 3.8) is 0 Å². The van der Waals surface area contributed by atoms with Gasteiger partial charge in [0.05, 0.1) is 12.0 Å². The van der Waals surface area contributed by atoms with Gasteiger partial charge in [0.25, 0.3) is 0 Å². The summed E-state index contributed by atoms with van der Waals surface area (Å²) in [6.45, 7) is 0.625. The lowest BCUT2D eigenvalue weighted by molar-refractivity contribution is -0.127. The number of benzene rings is 2. The molecule has 1 saturated carbocycles. The van der Waals surface area contributed by atoms with Crippen LogP contribution >= 0.6 is 0 Å². The van der Waals surface area contributed by atoms with Crippen molar-refractivity contribution in [2.75, 3.05) is 6.54 Å². The summed E-state index contributed by atoms with van der Waals surface area (Å²) in [4.78, 5) is 12.0. The average molecular weight is 283 g/mol. The molecule has 0 saturated heterocycles. The molecule has 0 heterocycles. The molecule has 0 aliphatic heterocycles. The summed E-state index contributed by atoms with van der Waals surface area (Å²) in [5, 5.41) is 15.2.